The Morgan fingerprint density at radius 1 is 1.40 bits per heavy atom. The van der Waals surface area contributed by atoms with Crippen LogP contribution in [0, 0.1) is 4.91 Å². The van der Waals surface area contributed by atoms with E-state index in [0.29, 0.717) is 12.1 Å². The molecule has 0 fully saturated rings. The van der Waals surface area contributed by atoms with Crippen LogP contribution >= 0.6 is 0 Å². The van der Waals surface area contributed by atoms with Crippen molar-refractivity contribution < 1.29 is 0 Å². The van der Waals surface area contributed by atoms with Crippen LogP contribution in [0.4, 0.5) is 0 Å². The highest BCUT2D eigenvalue weighted by Crippen LogP contribution is 2.29. The molecule has 0 bridgehead atoms. The molecule has 0 saturated carbocycles. The molecular formula is C11H17N3O. The molecule has 0 aromatic rings. The van der Waals surface area contributed by atoms with Crippen LogP contribution in [0.5, 0.6) is 0 Å². The Morgan fingerprint density at radius 2 is 2.07 bits per heavy atom. The van der Waals surface area contributed by atoms with Gasteiger partial charge < -0.3 is 5.32 Å². The quantitative estimate of drug-likeness (QED) is 0.556. The van der Waals surface area contributed by atoms with Crippen LogP contribution in [-0.4, -0.2) is 24.0 Å². The van der Waals surface area contributed by atoms with Crippen molar-refractivity contribution in [1.82, 2.24) is 5.32 Å². The summed E-state index contributed by atoms with van der Waals surface area (Å²) in [5.74, 6) is 0.766. The maximum atomic E-state index is 10.4. The van der Waals surface area contributed by atoms with Gasteiger partial charge >= 0.3 is 0 Å². The molecule has 3 unspecified atom stereocenters. The smallest absolute Gasteiger partial charge is 0.146 e. The van der Waals surface area contributed by atoms with Gasteiger partial charge in [-0.1, -0.05) is 16.3 Å². The van der Waals surface area contributed by atoms with Crippen LogP contribution in [-0.2, 0) is 0 Å². The minimum atomic E-state index is -0.337. The van der Waals surface area contributed by atoms with E-state index in [1.165, 1.54) is 11.1 Å². The first kappa shape index (κ1) is 10.3. The molecule has 3 atom stereocenters. The van der Waals surface area contributed by atoms with E-state index in [9.17, 15) is 4.91 Å². The zero-order valence-corrected chi connectivity index (χ0v) is 9.45. The zero-order valence-electron chi connectivity index (χ0n) is 9.45. The van der Waals surface area contributed by atoms with Gasteiger partial charge in [0.05, 0.1) is 12.1 Å². The SMILES string of the molecule is CC1=C(C)CC2NC(C(C)N=O)=NC2C1. The van der Waals surface area contributed by atoms with Gasteiger partial charge in [-0.25, -0.2) is 0 Å². The Hall–Kier alpha value is -1.19. The highest BCUT2D eigenvalue weighted by atomic mass is 16.3. The Kier molecular flexibility index (Phi) is 2.59. The predicted molar refractivity (Wildman–Crippen MR) is 61.0 cm³/mol. The maximum Gasteiger partial charge on any atom is 0.146 e. The second-order valence-electron chi connectivity index (χ2n) is 4.58. The van der Waals surface area contributed by atoms with E-state index in [4.69, 9.17) is 0 Å². The monoisotopic (exact) mass is 207 g/mol. The number of nitrogens with one attached hydrogen (secondary N) is 1. The summed E-state index contributed by atoms with van der Waals surface area (Å²) in [5, 5.41) is 6.33. The Bertz CT molecular complexity index is 346. The molecule has 0 radical (unpaired) electrons. The van der Waals surface area contributed by atoms with Crippen LogP contribution in [0.15, 0.2) is 21.3 Å². The van der Waals surface area contributed by atoms with Gasteiger partial charge in [0.15, 0.2) is 0 Å². The van der Waals surface area contributed by atoms with Crippen molar-refractivity contribution in [2.45, 2.75) is 51.7 Å². The molecule has 82 valence electrons. The summed E-state index contributed by atoms with van der Waals surface area (Å²) in [7, 11) is 0. The fourth-order valence-electron chi connectivity index (χ4n) is 2.24. The molecule has 1 N–H and O–H groups in total. The van der Waals surface area contributed by atoms with Gasteiger partial charge in [0, 0.05) is 0 Å². The fourth-order valence-corrected chi connectivity index (χ4v) is 2.24. The number of hydrogen-bond acceptors (Lipinski definition) is 4. The molecule has 0 amide bonds. The molecule has 1 heterocycles. The van der Waals surface area contributed by atoms with Crippen molar-refractivity contribution in [3.8, 4) is 0 Å². The summed E-state index contributed by atoms with van der Waals surface area (Å²) in [6, 6.07) is 0.358. The van der Waals surface area contributed by atoms with E-state index >= 15 is 0 Å². The maximum absolute atomic E-state index is 10.4. The lowest BCUT2D eigenvalue weighted by molar-refractivity contribution is 0.486. The summed E-state index contributed by atoms with van der Waals surface area (Å²) >= 11 is 0. The first-order valence-corrected chi connectivity index (χ1v) is 5.43. The largest absolute Gasteiger partial charge is 0.367 e. The van der Waals surface area contributed by atoms with E-state index in [-0.39, 0.29) is 6.04 Å². The van der Waals surface area contributed by atoms with Crippen molar-refractivity contribution in [2.24, 2.45) is 10.2 Å². The van der Waals surface area contributed by atoms with Gasteiger partial charge in [0.25, 0.3) is 0 Å². The summed E-state index contributed by atoms with van der Waals surface area (Å²) in [5.41, 5.74) is 2.89. The molecule has 1 aliphatic carbocycles. The van der Waals surface area contributed by atoms with E-state index in [2.05, 4.69) is 29.3 Å². The van der Waals surface area contributed by atoms with Gasteiger partial charge in [0.1, 0.15) is 11.9 Å². The normalized spacial score (nSPS) is 31.8. The lowest BCUT2D eigenvalue weighted by Gasteiger charge is -2.26. The number of rotatable bonds is 2. The van der Waals surface area contributed by atoms with Gasteiger partial charge in [-0.2, -0.15) is 4.91 Å². The van der Waals surface area contributed by atoms with Gasteiger partial charge in [-0.05, 0) is 33.6 Å². The Balaban J connectivity index is 2.12. The standard InChI is InChI=1S/C11H17N3O/c1-6-4-9-10(5-7(6)2)13-11(12-9)8(3)14-15/h8-10H,4-5H2,1-3H3,(H,12,13). The molecule has 0 aromatic carbocycles. The molecular weight excluding hydrogens is 190 g/mol. The predicted octanol–water partition coefficient (Wildman–Crippen LogP) is 2.01. The molecule has 1 aliphatic heterocycles. The molecule has 0 spiro atoms. The first-order valence-electron chi connectivity index (χ1n) is 5.43. The molecule has 2 aliphatic rings. The summed E-state index contributed by atoms with van der Waals surface area (Å²) < 4.78 is 0. The minimum absolute atomic E-state index is 0.313. The highest BCUT2D eigenvalue weighted by Gasteiger charge is 2.34. The summed E-state index contributed by atoms with van der Waals surface area (Å²) in [6.07, 6.45) is 2.05. The minimum Gasteiger partial charge on any atom is -0.367 e. The van der Waals surface area contributed by atoms with E-state index in [1.807, 2.05) is 0 Å². The highest BCUT2D eigenvalue weighted by molar-refractivity contribution is 5.89. The average Bonchev–Trinajstić information content (AvgIpc) is 2.60. The molecule has 15 heavy (non-hydrogen) atoms. The third kappa shape index (κ3) is 1.80. The number of nitroso groups, excluding NO2 is 1. The second-order valence-corrected chi connectivity index (χ2v) is 4.58. The lowest BCUT2D eigenvalue weighted by Crippen LogP contribution is -2.39. The van der Waals surface area contributed by atoms with Crippen LogP contribution in [0.2, 0.25) is 0 Å². The van der Waals surface area contributed by atoms with Crippen molar-refractivity contribution in [1.29, 1.82) is 0 Å². The lowest BCUT2D eigenvalue weighted by atomic mass is 9.87. The van der Waals surface area contributed by atoms with Gasteiger partial charge in [-0.3, -0.25) is 4.99 Å². The van der Waals surface area contributed by atoms with Crippen LogP contribution in [0.1, 0.15) is 33.6 Å². The number of hydrogen-bond donors (Lipinski definition) is 1. The zero-order chi connectivity index (χ0) is 11.0. The van der Waals surface area contributed by atoms with Gasteiger partial charge in [0.2, 0.25) is 0 Å². The van der Waals surface area contributed by atoms with Crippen LogP contribution in [0.3, 0.4) is 0 Å². The number of aliphatic imine (C=N–C) groups is 1. The molecule has 0 saturated heterocycles. The van der Waals surface area contributed by atoms with Crippen molar-refractivity contribution >= 4 is 5.84 Å². The Labute approximate surface area is 89.8 Å². The summed E-state index contributed by atoms with van der Waals surface area (Å²) in [6.45, 7) is 6.12. The molecule has 2 rings (SSSR count). The first-order chi connectivity index (χ1) is 7.11. The topological polar surface area (TPSA) is 53.8 Å². The number of nitrogens with zero attached hydrogens (tertiary/aromatic N) is 2. The van der Waals surface area contributed by atoms with E-state index in [1.54, 1.807) is 6.92 Å². The van der Waals surface area contributed by atoms with Crippen LogP contribution in [0.25, 0.3) is 0 Å². The van der Waals surface area contributed by atoms with Crippen LogP contribution < -0.4 is 5.32 Å². The van der Waals surface area contributed by atoms with E-state index < -0.39 is 0 Å². The third-order valence-corrected chi connectivity index (χ3v) is 3.43. The molecule has 0 aromatic heterocycles. The summed E-state index contributed by atoms with van der Waals surface area (Å²) in [4.78, 5) is 15.0. The second kappa shape index (κ2) is 3.76. The van der Waals surface area contributed by atoms with Crippen molar-refractivity contribution in [3.05, 3.63) is 16.1 Å². The number of amidine groups is 1. The van der Waals surface area contributed by atoms with Gasteiger partial charge in [-0.15, -0.1) is 0 Å². The Morgan fingerprint density at radius 3 is 2.73 bits per heavy atom. The van der Waals surface area contributed by atoms with E-state index in [0.717, 1.165) is 18.7 Å². The molecule has 4 nitrogen and oxygen atoms in total. The average molecular weight is 207 g/mol. The van der Waals surface area contributed by atoms with Crippen molar-refractivity contribution in [2.75, 3.05) is 0 Å². The fraction of sp³-hybridized carbons (Fsp3) is 0.727. The third-order valence-electron chi connectivity index (χ3n) is 3.43. The molecule has 4 heteroatoms. The number of fused-ring (bicyclic) bond motifs is 1. The van der Waals surface area contributed by atoms with Crippen molar-refractivity contribution in [3.63, 3.8) is 0 Å².